The largest absolute Gasteiger partial charge is 0.324 e. The van der Waals surface area contributed by atoms with Crippen LogP contribution in [-0.4, -0.2) is 24.2 Å². The standard InChI is InChI=1S/C18H14N4O7S2/c1-11-2-7-14(10-15(11)21(24)25)31(28,29)20-13-5-3-12(4-6-13)19-18(23)16-8-9-17(30-16)22(26)27/h2-10,20H,1H3,(H,19,23). The maximum absolute atomic E-state index is 12.5. The zero-order valence-corrected chi connectivity index (χ0v) is 17.4. The predicted molar refractivity (Wildman–Crippen MR) is 114 cm³/mol. The van der Waals surface area contributed by atoms with Gasteiger partial charge in [-0.1, -0.05) is 17.4 Å². The Morgan fingerprint density at radius 1 is 0.935 bits per heavy atom. The van der Waals surface area contributed by atoms with Gasteiger partial charge in [-0.05, 0) is 43.3 Å². The molecule has 31 heavy (non-hydrogen) atoms. The molecule has 0 bridgehead atoms. The molecule has 0 aliphatic heterocycles. The summed E-state index contributed by atoms with van der Waals surface area (Å²) < 4.78 is 27.4. The third kappa shape index (κ3) is 5.02. The van der Waals surface area contributed by atoms with E-state index in [2.05, 4.69) is 10.0 Å². The van der Waals surface area contributed by atoms with Crippen LogP contribution in [0, 0.1) is 27.2 Å². The lowest BCUT2D eigenvalue weighted by molar-refractivity contribution is -0.385. The van der Waals surface area contributed by atoms with E-state index in [0.717, 1.165) is 17.4 Å². The Kier molecular flexibility index (Phi) is 5.99. The van der Waals surface area contributed by atoms with Crippen LogP contribution in [0.3, 0.4) is 0 Å². The van der Waals surface area contributed by atoms with E-state index in [1.807, 2.05) is 0 Å². The highest BCUT2D eigenvalue weighted by Gasteiger charge is 2.20. The first kappa shape index (κ1) is 21.9. The predicted octanol–water partition coefficient (Wildman–Crippen LogP) is 3.93. The fourth-order valence-electron chi connectivity index (χ4n) is 2.53. The van der Waals surface area contributed by atoms with Crippen molar-refractivity contribution in [2.45, 2.75) is 11.8 Å². The number of thiophene rings is 1. The van der Waals surface area contributed by atoms with Gasteiger partial charge in [0, 0.05) is 29.1 Å². The summed E-state index contributed by atoms with van der Waals surface area (Å²) in [5.74, 6) is -0.543. The van der Waals surface area contributed by atoms with Gasteiger partial charge in [-0.15, -0.1) is 0 Å². The monoisotopic (exact) mass is 462 g/mol. The van der Waals surface area contributed by atoms with E-state index in [0.29, 0.717) is 11.3 Å². The van der Waals surface area contributed by atoms with E-state index in [1.54, 1.807) is 0 Å². The Morgan fingerprint density at radius 3 is 2.16 bits per heavy atom. The molecule has 0 saturated heterocycles. The molecule has 2 N–H and O–H groups in total. The van der Waals surface area contributed by atoms with Crippen LogP contribution in [-0.2, 0) is 10.0 Å². The van der Waals surface area contributed by atoms with Crippen LogP contribution < -0.4 is 10.0 Å². The van der Waals surface area contributed by atoms with Gasteiger partial charge < -0.3 is 5.32 Å². The number of nitrogens with one attached hydrogen (secondary N) is 2. The number of nitrogens with zero attached hydrogens (tertiary/aromatic N) is 2. The molecule has 0 radical (unpaired) electrons. The Morgan fingerprint density at radius 2 is 1.58 bits per heavy atom. The summed E-state index contributed by atoms with van der Waals surface area (Å²) in [5, 5.41) is 24.2. The van der Waals surface area contributed by atoms with E-state index in [9.17, 15) is 33.4 Å². The second-order valence-corrected chi connectivity index (χ2v) is 8.98. The number of amides is 1. The van der Waals surface area contributed by atoms with Gasteiger partial charge in [0.25, 0.3) is 21.6 Å². The first-order chi connectivity index (χ1) is 14.6. The van der Waals surface area contributed by atoms with E-state index in [1.165, 1.54) is 55.5 Å². The topological polar surface area (TPSA) is 162 Å². The highest BCUT2D eigenvalue weighted by atomic mass is 32.2. The van der Waals surface area contributed by atoms with Gasteiger partial charge >= 0.3 is 5.00 Å². The van der Waals surface area contributed by atoms with Gasteiger partial charge in [0.2, 0.25) is 0 Å². The molecule has 1 aromatic heterocycles. The van der Waals surface area contributed by atoms with Crippen molar-refractivity contribution >= 4 is 49.3 Å². The second-order valence-electron chi connectivity index (χ2n) is 6.24. The number of carbonyl (C=O) groups excluding carboxylic acids is 1. The van der Waals surface area contributed by atoms with Crippen LogP contribution in [0.1, 0.15) is 15.2 Å². The first-order valence-electron chi connectivity index (χ1n) is 8.50. The van der Waals surface area contributed by atoms with Crippen molar-refractivity contribution in [3.63, 3.8) is 0 Å². The summed E-state index contributed by atoms with van der Waals surface area (Å²) >= 11 is 0.730. The third-order valence-corrected chi connectivity index (χ3v) is 6.49. The van der Waals surface area contributed by atoms with Crippen molar-refractivity contribution in [3.05, 3.63) is 85.3 Å². The number of sulfonamides is 1. The minimum Gasteiger partial charge on any atom is -0.321 e. The number of benzene rings is 2. The zero-order valence-electron chi connectivity index (χ0n) is 15.8. The molecule has 0 unspecified atom stereocenters. The third-order valence-electron chi connectivity index (χ3n) is 4.08. The summed E-state index contributed by atoms with van der Waals surface area (Å²) in [4.78, 5) is 32.6. The van der Waals surface area contributed by atoms with E-state index < -0.39 is 25.8 Å². The van der Waals surface area contributed by atoms with Crippen molar-refractivity contribution in [2.24, 2.45) is 0 Å². The van der Waals surface area contributed by atoms with Gasteiger partial charge in [-0.25, -0.2) is 8.42 Å². The lowest BCUT2D eigenvalue weighted by atomic mass is 10.2. The molecule has 11 nitrogen and oxygen atoms in total. The number of carbonyl (C=O) groups is 1. The number of rotatable bonds is 7. The summed E-state index contributed by atoms with van der Waals surface area (Å²) in [7, 11) is -4.07. The highest BCUT2D eigenvalue weighted by Crippen LogP contribution is 2.26. The van der Waals surface area contributed by atoms with Crippen molar-refractivity contribution in [3.8, 4) is 0 Å². The SMILES string of the molecule is Cc1ccc(S(=O)(=O)Nc2ccc(NC(=O)c3ccc([N+](=O)[O-])s3)cc2)cc1[N+](=O)[O-]. The Bertz CT molecular complexity index is 1280. The lowest BCUT2D eigenvalue weighted by Gasteiger charge is -2.10. The maximum Gasteiger partial charge on any atom is 0.324 e. The molecule has 3 aromatic rings. The van der Waals surface area contributed by atoms with Gasteiger partial charge in [-0.2, -0.15) is 0 Å². The molecule has 0 saturated carbocycles. The molecule has 2 aromatic carbocycles. The summed E-state index contributed by atoms with van der Waals surface area (Å²) in [5.41, 5.74) is 0.540. The molecule has 1 heterocycles. The normalized spacial score (nSPS) is 11.0. The number of hydrogen-bond acceptors (Lipinski definition) is 8. The molecule has 160 valence electrons. The molecular weight excluding hydrogens is 448 g/mol. The van der Waals surface area contributed by atoms with Crippen molar-refractivity contribution < 1.29 is 23.1 Å². The number of nitro benzene ring substituents is 1. The van der Waals surface area contributed by atoms with Crippen LogP contribution in [0.2, 0.25) is 0 Å². The fourth-order valence-corrected chi connectivity index (χ4v) is 4.32. The minimum atomic E-state index is -4.07. The lowest BCUT2D eigenvalue weighted by Crippen LogP contribution is -2.14. The van der Waals surface area contributed by atoms with E-state index >= 15 is 0 Å². The summed E-state index contributed by atoms with van der Waals surface area (Å²) in [6.45, 7) is 1.50. The average molecular weight is 462 g/mol. The number of anilines is 2. The van der Waals surface area contributed by atoms with E-state index in [4.69, 9.17) is 0 Å². The van der Waals surface area contributed by atoms with Crippen LogP contribution >= 0.6 is 11.3 Å². The molecule has 13 heteroatoms. The smallest absolute Gasteiger partial charge is 0.321 e. The molecular formula is C18H14N4O7S2. The number of nitro groups is 2. The number of aryl methyl sites for hydroxylation is 1. The summed E-state index contributed by atoms with van der Waals surface area (Å²) in [6.07, 6.45) is 0. The molecule has 0 aliphatic carbocycles. The Hall–Kier alpha value is -3.84. The summed E-state index contributed by atoms with van der Waals surface area (Å²) in [6, 6.07) is 11.8. The Labute approximate surface area is 179 Å². The van der Waals surface area contributed by atoms with Crippen molar-refractivity contribution in [2.75, 3.05) is 10.0 Å². The quantitative estimate of drug-likeness (QED) is 0.397. The van der Waals surface area contributed by atoms with Gasteiger partial charge in [-0.3, -0.25) is 29.7 Å². The maximum atomic E-state index is 12.5. The van der Waals surface area contributed by atoms with Gasteiger partial charge in [0.05, 0.1) is 19.6 Å². The van der Waals surface area contributed by atoms with E-state index in [-0.39, 0.29) is 26.1 Å². The van der Waals surface area contributed by atoms with Crippen LogP contribution in [0.25, 0.3) is 0 Å². The molecule has 0 atom stereocenters. The molecule has 1 amide bonds. The van der Waals surface area contributed by atoms with Crippen molar-refractivity contribution in [1.82, 2.24) is 0 Å². The van der Waals surface area contributed by atoms with Crippen LogP contribution in [0.5, 0.6) is 0 Å². The van der Waals surface area contributed by atoms with Crippen LogP contribution in [0.4, 0.5) is 22.1 Å². The fraction of sp³-hybridized carbons (Fsp3) is 0.0556. The molecule has 0 fully saturated rings. The molecule has 0 spiro atoms. The van der Waals surface area contributed by atoms with Crippen LogP contribution in [0.15, 0.2) is 59.5 Å². The van der Waals surface area contributed by atoms with Crippen molar-refractivity contribution in [1.29, 1.82) is 0 Å². The highest BCUT2D eigenvalue weighted by molar-refractivity contribution is 7.92. The minimum absolute atomic E-state index is 0.150. The second kappa shape index (κ2) is 8.49. The first-order valence-corrected chi connectivity index (χ1v) is 10.8. The van der Waals surface area contributed by atoms with Gasteiger partial charge in [0.15, 0.2) is 0 Å². The molecule has 3 rings (SSSR count). The zero-order chi connectivity index (χ0) is 22.8. The average Bonchev–Trinajstić information content (AvgIpc) is 3.20. The van der Waals surface area contributed by atoms with Gasteiger partial charge in [0.1, 0.15) is 0 Å². The molecule has 0 aliphatic rings. The Balaban J connectivity index is 1.72. The number of hydrogen-bond donors (Lipinski definition) is 2.